The Morgan fingerprint density at radius 1 is 1.23 bits per heavy atom. The molecule has 0 spiro atoms. The number of halogens is 3. The Balaban J connectivity index is 1.51. The topological polar surface area (TPSA) is 51.0 Å². The number of nitrogens with zero attached hydrogens (tertiary/aromatic N) is 4. The quantitative estimate of drug-likeness (QED) is 0.793. The van der Waals surface area contributed by atoms with Crippen LogP contribution in [0.2, 0.25) is 0 Å². The maximum atomic E-state index is 12.9. The lowest BCUT2D eigenvalue weighted by Crippen LogP contribution is -2.39. The second-order valence-electron chi connectivity index (χ2n) is 6.84. The van der Waals surface area contributed by atoms with Gasteiger partial charge in [0.15, 0.2) is 5.69 Å². The number of amides is 1. The maximum absolute atomic E-state index is 12.9. The summed E-state index contributed by atoms with van der Waals surface area (Å²) in [7, 11) is 0. The molecule has 140 valence electrons. The first-order valence-corrected chi connectivity index (χ1v) is 9.68. The van der Waals surface area contributed by atoms with Crippen LogP contribution >= 0.6 is 11.3 Å². The minimum Gasteiger partial charge on any atom is -0.338 e. The summed E-state index contributed by atoms with van der Waals surface area (Å²) in [6, 6.07) is 0. The molecule has 5 nitrogen and oxygen atoms in total. The van der Waals surface area contributed by atoms with Gasteiger partial charge in [-0.05, 0) is 32.1 Å². The monoisotopic (exact) mass is 384 g/mol. The Labute approximate surface area is 152 Å². The Hall–Kier alpha value is -1.90. The molecule has 0 radical (unpaired) electrons. The molecule has 1 fully saturated rings. The SMILES string of the molecule is O=C(c1cnn2c1CCCC2)N1CCCC(c2nc(C(F)(F)F)cs2)C1. The number of alkyl halides is 3. The van der Waals surface area contributed by atoms with Crippen LogP contribution in [0.5, 0.6) is 0 Å². The van der Waals surface area contributed by atoms with Crippen LogP contribution in [-0.4, -0.2) is 38.7 Å². The number of thiazole rings is 1. The molecule has 0 saturated carbocycles. The van der Waals surface area contributed by atoms with E-state index in [1.165, 1.54) is 0 Å². The molecule has 2 aromatic heterocycles. The van der Waals surface area contributed by atoms with Crippen molar-refractivity contribution >= 4 is 17.2 Å². The van der Waals surface area contributed by atoms with Crippen molar-refractivity contribution in [2.24, 2.45) is 0 Å². The molecule has 0 aromatic carbocycles. The molecule has 1 amide bonds. The Bertz CT molecular complexity index is 813. The van der Waals surface area contributed by atoms with E-state index in [9.17, 15) is 18.0 Å². The second kappa shape index (κ2) is 6.68. The predicted molar refractivity (Wildman–Crippen MR) is 90.2 cm³/mol. The molecule has 26 heavy (non-hydrogen) atoms. The van der Waals surface area contributed by atoms with Gasteiger partial charge < -0.3 is 4.90 Å². The minimum absolute atomic E-state index is 0.0644. The highest BCUT2D eigenvalue weighted by molar-refractivity contribution is 7.09. The number of carbonyl (C=O) groups excluding carboxylic acids is 1. The highest BCUT2D eigenvalue weighted by Gasteiger charge is 2.36. The number of likely N-dealkylation sites (tertiary alicyclic amines) is 1. The number of aromatic nitrogens is 3. The van der Waals surface area contributed by atoms with Crippen molar-refractivity contribution in [2.75, 3.05) is 13.1 Å². The van der Waals surface area contributed by atoms with Gasteiger partial charge in [0.05, 0.1) is 22.5 Å². The fourth-order valence-electron chi connectivity index (χ4n) is 3.74. The predicted octanol–water partition coefficient (Wildman–Crippen LogP) is 3.71. The first-order valence-electron chi connectivity index (χ1n) is 8.80. The molecule has 0 N–H and O–H groups in total. The van der Waals surface area contributed by atoms with Gasteiger partial charge in [-0.15, -0.1) is 11.3 Å². The van der Waals surface area contributed by atoms with Gasteiger partial charge in [-0.3, -0.25) is 9.48 Å². The molecule has 9 heteroatoms. The van der Waals surface area contributed by atoms with Gasteiger partial charge in [0, 0.05) is 30.9 Å². The van der Waals surface area contributed by atoms with Crippen molar-refractivity contribution < 1.29 is 18.0 Å². The fourth-order valence-corrected chi connectivity index (χ4v) is 4.69. The van der Waals surface area contributed by atoms with Gasteiger partial charge in [-0.2, -0.15) is 18.3 Å². The molecule has 2 aliphatic rings. The van der Waals surface area contributed by atoms with Crippen LogP contribution in [0.1, 0.15) is 58.4 Å². The summed E-state index contributed by atoms with van der Waals surface area (Å²) in [6.45, 7) is 1.87. The highest BCUT2D eigenvalue weighted by atomic mass is 32.1. The maximum Gasteiger partial charge on any atom is 0.434 e. The van der Waals surface area contributed by atoms with E-state index in [4.69, 9.17) is 0 Å². The third-order valence-corrected chi connectivity index (χ3v) is 6.09. The molecule has 2 aromatic rings. The summed E-state index contributed by atoms with van der Waals surface area (Å²) in [5.41, 5.74) is 0.782. The lowest BCUT2D eigenvalue weighted by molar-refractivity contribution is -0.140. The summed E-state index contributed by atoms with van der Waals surface area (Å²) in [6.07, 6.45) is 1.70. The zero-order valence-corrected chi connectivity index (χ0v) is 14.9. The zero-order chi connectivity index (χ0) is 18.3. The lowest BCUT2D eigenvalue weighted by atomic mass is 9.97. The largest absolute Gasteiger partial charge is 0.434 e. The number of carbonyl (C=O) groups is 1. The smallest absolute Gasteiger partial charge is 0.338 e. The van der Waals surface area contributed by atoms with E-state index in [0.29, 0.717) is 23.7 Å². The average molecular weight is 384 g/mol. The number of hydrogen-bond acceptors (Lipinski definition) is 4. The highest BCUT2D eigenvalue weighted by Crippen LogP contribution is 2.35. The molecule has 1 saturated heterocycles. The number of rotatable bonds is 2. The second-order valence-corrected chi connectivity index (χ2v) is 7.73. The van der Waals surface area contributed by atoms with Gasteiger partial charge in [0.25, 0.3) is 5.91 Å². The number of aryl methyl sites for hydroxylation is 1. The van der Waals surface area contributed by atoms with Crippen molar-refractivity contribution in [1.82, 2.24) is 19.7 Å². The summed E-state index contributed by atoms with van der Waals surface area (Å²) in [5, 5.41) is 5.84. The number of fused-ring (bicyclic) bond motifs is 1. The van der Waals surface area contributed by atoms with Gasteiger partial charge in [-0.25, -0.2) is 4.98 Å². The minimum atomic E-state index is -4.42. The molecular formula is C17H19F3N4OS. The van der Waals surface area contributed by atoms with Crippen LogP contribution < -0.4 is 0 Å². The van der Waals surface area contributed by atoms with E-state index < -0.39 is 11.9 Å². The fraction of sp³-hybridized carbons (Fsp3) is 0.588. The van der Waals surface area contributed by atoms with Crippen LogP contribution in [-0.2, 0) is 19.1 Å². The molecule has 4 rings (SSSR count). The van der Waals surface area contributed by atoms with Crippen molar-refractivity contribution in [3.8, 4) is 0 Å². The third-order valence-electron chi connectivity index (χ3n) is 5.08. The molecule has 1 atom stereocenters. The molecular weight excluding hydrogens is 365 g/mol. The van der Waals surface area contributed by atoms with Crippen molar-refractivity contribution in [3.63, 3.8) is 0 Å². The van der Waals surface area contributed by atoms with Gasteiger partial charge >= 0.3 is 6.18 Å². The van der Waals surface area contributed by atoms with Gasteiger partial charge in [0.1, 0.15) is 0 Å². The van der Waals surface area contributed by atoms with Crippen molar-refractivity contribution in [1.29, 1.82) is 0 Å². The lowest BCUT2D eigenvalue weighted by Gasteiger charge is -2.32. The summed E-state index contributed by atoms with van der Waals surface area (Å²) >= 11 is 1.03. The van der Waals surface area contributed by atoms with Crippen LogP contribution in [0.15, 0.2) is 11.6 Å². The van der Waals surface area contributed by atoms with Crippen LogP contribution in [0, 0.1) is 0 Å². The molecule has 0 aliphatic carbocycles. The normalized spacial score (nSPS) is 20.9. The Morgan fingerprint density at radius 3 is 2.85 bits per heavy atom. The third kappa shape index (κ3) is 3.24. The first-order chi connectivity index (χ1) is 12.4. The van der Waals surface area contributed by atoms with Crippen molar-refractivity contribution in [3.05, 3.63) is 33.5 Å². The van der Waals surface area contributed by atoms with Gasteiger partial charge in [0.2, 0.25) is 0 Å². The van der Waals surface area contributed by atoms with E-state index >= 15 is 0 Å². The van der Waals surface area contributed by atoms with Crippen LogP contribution in [0.25, 0.3) is 0 Å². The van der Waals surface area contributed by atoms with E-state index in [1.54, 1.807) is 11.1 Å². The van der Waals surface area contributed by atoms with E-state index in [2.05, 4.69) is 10.1 Å². The summed E-state index contributed by atoms with van der Waals surface area (Å²) < 4.78 is 40.3. The Morgan fingerprint density at radius 2 is 2.08 bits per heavy atom. The molecule has 2 aliphatic heterocycles. The summed E-state index contributed by atoms with van der Waals surface area (Å²) in [4.78, 5) is 18.5. The van der Waals surface area contributed by atoms with Crippen LogP contribution in [0.4, 0.5) is 13.2 Å². The Kier molecular flexibility index (Phi) is 4.50. The van der Waals surface area contributed by atoms with Gasteiger partial charge in [-0.1, -0.05) is 0 Å². The average Bonchev–Trinajstić information content (AvgIpc) is 3.28. The first kappa shape index (κ1) is 17.5. The molecule has 4 heterocycles. The summed E-state index contributed by atoms with van der Waals surface area (Å²) in [5.74, 6) is -0.203. The van der Waals surface area contributed by atoms with Crippen molar-refractivity contribution in [2.45, 2.75) is 50.7 Å². The van der Waals surface area contributed by atoms with Crippen LogP contribution in [0.3, 0.4) is 0 Å². The standard InChI is InChI=1S/C17H19F3N4OS/c18-17(19,20)14-10-26-15(22-14)11-4-3-6-23(9-11)16(25)12-8-21-24-7-2-1-5-13(12)24/h8,10-11H,1-7,9H2. The zero-order valence-electron chi connectivity index (χ0n) is 14.1. The van der Waals surface area contributed by atoms with E-state index in [0.717, 1.165) is 61.1 Å². The molecule has 1 unspecified atom stereocenters. The van der Waals surface area contributed by atoms with E-state index in [-0.39, 0.29) is 11.8 Å². The number of piperidine rings is 1. The number of hydrogen-bond donors (Lipinski definition) is 0. The van der Waals surface area contributed by atoms with E-state index in [1.807, 2.05) is 4.68 Å². The molecule has 0 bridgehead atoms.